The Balaban J connectivity index is 1.67. The van der Waals surface area contributed by atoms with Gasteiger partial charge < -0.3 is 5.32 Å². The van der Waals surface area contributed by atoms with E-state index in [1.807, 2.05) is 0 Å². The SMILES string of the molecule is CC(=O)NCCc1ccc(S(=O)(=O)Nc2nc3c(s2)CCCC3)cc1. The van der Waals surface area contributed by atoms with E-state index in [1.54, 1.807) is 24.3 Å². The van der Waals surface area contributed by atoms with E-state index >= 15 is 0 Å². The molecule has 0 radical (unpaired) electrons. The van der Waals surface area contributed by atoms with Gasteiger partial charge in [-0.05, 0) is 49.8 Å². The zero-order valence-electron chi connectivity index (χ0n) is 14.0. The van der Waals surface area contributed by atoms with Gasteiger partial charge >= 0.3 is 0 Å². The summed E-state index contributed by atoms with van der Waals surface area (Å²) in [7, 11) is -3.64. The minimum atomic E-state index is -3.64. The van der Waals surface area contributed by atoms with Gasteiger partial charge in [0.15, 0.2) is 5.13 Å². The molecule has 0 saturated carbocycles. The molecule has 0 spiro atoms. The fourth-order valence-corrected chi connectivity index (χ4v) is 5.07. The molecule has 1 aromatic heterocycles. The van der Waals surface area contributed by atoms with Crippen LogP contribution in [0.2, 0.25) is 0 Å². The molecule has 0 saturated heterocycles. The lowest BCUT2D eigenvalue weighted by Gasteiger charge is -2.07. The lowest BCUT2D eigenvalue weighted by molar-refractivity contribution is -0.118. The molecule has 0 aliphatic heterocycles. The molecular formula is C17H21N3O3S2. The summed E-state index contributed by atoms with van der Waals surface area (Å²) in [5.41, 5.74) is 2.00. The molecule has 134 valence electrons. The van der Waals surface area contributed by atoms with Crippen LogP contribution in [-0.4, -0.2) is 25.9 Å². The molecule has 1 aliphatic carbocycles. The Morgan fingerprint density at radius 3 is 2.60 bits per heavy atom. The standard InChI is InChI=1S/C17H21N3O3S2/c1-12(21)18-11-10-13-6-8-14(9-7-13)25(22,23)20-17-19-15-4-2-3-5-16(15)24-17/h6-9H,2-5,10-11H2,1H3,(H,18,21)(H,19,20). The van der Waals surface area contributed by atoms with Crippen LogP contribution in [0.4, 0.5) is 5.13 Å². The van der Waals surface area contributed by atoms with Crippen molar-refractivity contribution in [3.05, 3.63) is 40.4 Å². The van der Waals surface area contributed by atoms with Gasteiger partial charge in [-0.2, -0.15) is 0 Å². The molecule has 1 amide bonds. The Morgan fingerprint density at radius 2 is 1.92 bits per heavy atom. The Kier molecular flexibility index (Phi) is 5.39. The van der Waals surface area contributed by atoms with E-state index in [2.05, 4.69) is 15.0 Å². The maximum absolute atomic E-state index is 12.5. The number of rotatable bonds is 6. The topological polar surface area (TPSA) is 88.2 Å². The fraction of sp³-hybridized carbons (Fsp3) is 0.412. The minimum absolute atomic E-state index is 0.0745. The highest BCUT2D eigenvalue weighted by Crippen LogP contribution is 2.30. The molecule has 0 unspecified atom stereocenters. The number of amides is 1. The molecule has 1 aromatic carbocycles. The molecule has 2 N–H and O–H groups in total. The van der Waals surface area contributed by atoms with Gasteiger partial charge in [0.1, 0.15) is 0 Å². The number of fused-ring (bicyclic) bond motifs is 1. The zero-order valence-corrected chi connectivity index (χ0v) is 15.7. The molecule has 1 heterocycles. The Hall–Kier alpha value is -1.93. The number of nitrogens with zero attached hydrogens (tertiary/aromatic N) is 1. The lowest BCUT2D eigenvalue weighted by Crippen LogP contribution is -2.22. The van der Waals surface area contributed by atoms with E-state index < -0.39 is 10.0 Å². The number of thiazole rings is 1. The van der Waals surface area contributed by atoms with Gasteiger partial charge in [-0.15, -0.1) is 11.3 Å². The molecule has 25 heavy (non-hydrogen) atoms. The normalized spacial score (nSPS) is 14.0. The summed E-state index contributed by atoms with van der Waals surface area (Å²) in [6.07, 6.45) is 4.82. The quantitative estimate of drug-likeness (QED) is 0.807. The number of hydrogen-bond acceptors (Lipinski definition) is 5. The highest BCUT2D eigenvalue weighted by molar-refractivity contribution is 7.93. The third kappa shape index (κ3) is 4.58. The second kappa shape index (κ2) is 7.53. The molecule has 0 bridgehead atoms. The monoisotopic (exact) mass is 379 g/mol. The summed E-state index contributed by atoms with van der Waals surface area (Å²) in [6.45, 7) is 2.00. The second-order valence-electron chi connectivity index (χ2n) is 6.08. The van der Waals surface area contributed by atoms with Gasteiger partial charge in [-0.1, -0.05) is 12.1 Å². The first-order valence-electron chi connectivity index (χ1n) is 8.29. The number of hydrogen-bond donors (Lipinski definition) is 2. The Labute approximate surface area is 151 Å². The van der Waals surface area contributed by atoms with Gasteiger partial charge in [-0.3, -0.25) is 9.52 Å². The average Bonchev–Trinajstić information content (AvgIpc) is 2.96. The number of nitrogens with one attached hydrogen (secondary N) is 2. The highest BCUT2D eigenvalue weighted by Gasteiger charge is 2.20. The van der Waals surface area contributed by atoms with Gasteiger partial charge in [0.2, 0.25) is 5.91 Å². The largest absolute Gasteiger partial charge is 0.356 e. The number of aryl methyl sites for hydroxylation is 2. The number of benzene rings is 1. The van der Waals surface area contributed by atoms with Crippen molar-refractivity contribution < 1.29 is 13.2 Å². The van der Waals surface area contributed by atoms with Crippen LogP contribution < -0.4 is 10.0 Å². The maximum atomic E-state index is 12.5. The van der Waals surface area contributed by atoms with Crippen molar-refractivity contribution in [1.82, 2.24) is 10.3 Å². The van der Waals surface area contributed by atoms with Gasteiger partial charge in [-0.25, -0.2) is 13.4 Å². The van der Waals surface area contributed by atoms with Crippen LogP contribution in [0, 0.1) is 0 Å². The van der Waals surface area contributed by atoms with Crippen LogP contribution in [0.3, 0.4) is 0 Å². The molecule has 3 rings (SSSR count). The summed E-state index contributed by atoms with van der Waals surface area (Å²) in [4.78, 5) is 16.7. The van der Waals surface area contributed by atoms with Crippen molar-refractivity contribution in [3.63, 3.8) is 0 Å². The van der Waals surface area contributed by atoms with Gasteiger partial charge in [0.25, 0.3) is 10.0 Å². The van der Waals surface area contributed by atoms with Crippen LogP contribution in [0.25, 0.3) is 0 Å². The third-order valence-corrected chi connectivity index (χ3v) is 6.65. The van der Waals surface area contributed by atoms with Crippen LogP contribution in [0.5, 0.6) is 0 Å². The summed E-state index contributed by atoms with van der Waals surface area (Å²) < 4.78 is 27.6. The van der Waals surface area contributed by atoms with Crippen LogP contribution in [0.1, 0.15) is 35.9 Å². The first kappa shape index (κ1) is 17.9. The first-order chi connectivity index (χ1) is 11.9. The average molecular weight is 380 g/mol. The smallest absolute Gasteiger partial charge is 0.263 e. The van der Waals surface area contributed by atoms with Crippen LogP contribution in [0.15, 0.2) is 29.2 Å². The van der Waals surface area contributed by atoms with Crippen LogP contribution in [-0.2, 0) is 34.1 Å². The van der Waals surface area contributed by atoms with Crippen molar-refractivity contribution in [2.75, 3.05) is 11.3 Å². The summed E-state index contributed by atoms with van der Waals surface area (Å²) in [6, 6.07) is 6.70. The van der Waals surface area contributed by atoms with Crippen molar-refractivity contribution in [3.8, 4) is 0 Å². The van der Waals surface area contributed by atoms with E-state index in [1.165, 1.54) is 23.1 Å². The van der Waals surface area contributed by atoms with Crippen molar-refractivity contribution in [1.29, 1.82) is 0 Å². The Bertz CT molecular complexity index is 834. The summed E-state index contributed by atoms with van der Waals surface area (Å²) in [5, 5.41) is 3.16. The minimum Gasteiger partial charge on any atom is -0.356 e. The number of anilines is 1. The maximum Gasteiger partial charge on any atom is 0.263 e. The van der Waals surface area contributed by atoms with Crippen LogP contribution >= 0.6 is 11.3 Å². The van der Waals surface area contributed by atoms with Crippen molar-refractivity contribution in [2.45, 2.75) is 43.9 Å². The van der Waals surface area contributed by atoms with E-state index in [0.717, 1.165) is 36.9 Å². The molecule has 1 aliphatic rings. The molecule has 2 aromatic rings. The number of sulfonamides is 1. The Morgan fingerprint density at radius 1 is 1.20 bits per heavy atom. The van der Waals surface area contributed by atoms with Crippen molar-refractivity contribution in [2.24, 2.45) is 0 Å². The third-order valence-electron chi connectivity index (χ3n) is 4.09. The highest BCUT2D eigenvalue weighted by atomic mass is 32.2. The lowest BCUT2D eigenvalue weighted by atomic mass is 10.0. The second-order valence-corrected chi connectivity index (χ2v) is 8.84. The van der Waals surface area contributed by atoms with E-state index in [4.69, 9.17) is 0 Å². The summed E-state index contributed by atoms with van der Waals surface area (Å²) >= 11 is 1.43. The molecule has 8 heteroatoms. The molecule has 0 atom stereocenters. The van der Waals surface area contributed by atoms with Gasteiger partial charge in [0.05, 0.1) is 10.6 Å². The van der Waals surface area contributed by atoms with Gasteiger partial charge in [0, 0.05) is 18.3 Å². The molecule has 0 fully saturated rings. The predicted molar refractivity (Wildman–Crippen MR) is 98.4 cm³/mol. The first-order valence-corrected chi connectivity index (χ1v) is 10.6. The number of carbonyl (C=O) groups is 1. The fourth-order valence-electron chi connectivity index (χ4n) is 2.79. The van der Waals surface area contributed by atoms with E-state index in [0.29, 0.717) is 18.1 Å². The van der Waals surface area contributed by atoms with E-state index in [-0.39, 0.29) is 10.8 Å². The number of aromatic nitrogens is 1. The predicted octanol–water partition coefficient (Wildman–Crippen LogP) is 2.50. The van der Waals surface area contributed by atoms with Crippen molar-refractivity contribution >= 4 is 32.4 Å². The summed E-state index contributed by atoms with van der Waals surface area (Å²) in [5.74, 6) is -0.0745. The zero-order chi connectivity index (χ0) is 17.9. The molecular weight excluding hydrogens is 358 g/mol. The molecule has 6 nitrogen and oxygen atoms in total. The van der Waals surface area contributed by atoms with E-state index in [9.17, 15) is 13.2 Å². The number of carbonyl (C=O) groups excluding carboxylic acids is 1.